The predicted molar refractivity (Wildman–Crippen MR) is 125 cm³/mol. The molecule has 1 N–H and O–H groups in total. The molecule has 2 heterocycles. The second-order valence-electron chi connectivity index (χ2n) is 8.01. The van der Waals surface area contributed by atoms with E-state index in [1.54, 1.807) is 0 Å². The Morgan fingerprint density at radius 3 is 2.45 bits per heavy atom. The molecule has 1 amide bonds. The van der Waals surface area contributed by atoms with Crippen molar-refractivity contribution in [3.8, 4) is 0 Å². The molecule has 162 valence electrons. The minimum absolute atomic E-state index is 0.0410. The smallest absolute Gasteiger partial charge is 0.234 e. The van der Waals surface area contributed by atoms with Crippen molar-refractivity contribution >= 4 is 23.4 Å². The van der Waals surface area contributed by atoms with Crippen LogP contribution in [0, 0.1) is 6.92 Å². The standard InChI is InChI=1S/C24H29N5OS/c1-19-10-12-21(13-11-19)25-23(30)18-31-24-27-26-22(17-28-14-6-3-7-15-28)29(24)16-20-8-4-2-5-9-20/h2,4-5,8-13H,3,6-7,14-18H2,1H3,(H,25,30). The number of nitrogens with zero attached hydrogens (tertiary/aromatic N) is 4. The fourth-order valence-corrected chi connectivity index (χ4v) is 4.51. The minimum Gasteiger partial charge on any atom is -0.325 e. The molecule has 31 heavy (non-hydrogen) atoms. The number of likely N-dealkylation sites (tertiary alicyclic amines) is 1. The summed E-state index contributed by atoms with van der Waals surface area (Å²) in [7, 11) is 0. The Labute approximate surface area is 188 Å². The van der Waals surface area contributed by atoms with E-state index < -0.39 is 0 Å². The number of hydrogen-bond acceptors (Lipinski definition) is 5. The number of piperidine rings is 1. The third-order valence-corrected chi connectivity index (χ3v) is 6.43. The van der Waals surface area contributed by atoms with Crippen molar-refractivity contribution in [3.63, 3.8) is 0 Å². The van der Waals surface area contributed by atoms with Crippen LogP contribution in [0.15, 0.2) is 59.8 Å². The number of aryl methyl sites for hydroxylation is 1. The molecular formula is C24H29N5OS. The maximum absolute atomic E-state index is 12.5. The molecule has 1 fully saturated rings. The first-order chi connectivity index (χ1) is 15.2. The predicted octanol–water partition coefficient (Wildman–Crippen LogP) is 4.35. The number of nitrogens with one attached hydrogen (secondary N) is 1. The zero-order chi connectivity index (χ0) is 21.5. The lowest BCUT2D eigenvalue weighted by molar-refractivity contribution is -0.113. The van der Waals surface area contributed by atoms with E-state index >= 15 is 0 Å². The Kier molecular flexibility index (Phi) is 7.38. The van der Waals surface area contributed by atoms with Gasteiger partial charge in [0.2, 0.25) is 5.91 Å². The van der Waals surface area contributed by atoms with Gasteiger partial charge in [0.15, 0.2) is 5.16 Å². The monoisotopic (exact) mass is 435 g/mol. The summed E-state index contributed by atoms with van der Waals surface area (Å²) in [6.45, 7) is 5.76. The number of hydrogen-bond donors (Lipinski definition) is 1. The van der Waals surface area contributed by atoms with Gasteiger partial charge in [0.25, 0.3) is 0 Å². The summed E-state index contributed by atoms with van der Waals surface area (Å²) in [6, 6.07) is 18.2. The molecule has 1 saturated heterocycles. The van der Waals surface area contributed by atoms with Crippen molar-refractivity contribution in [3.05, 3.63) is 71.5 Å². The van der Waals surface area contributed by atoms with E-state index in [4.69, 9.17) is 0 Å². The number of aromatic nitrogens is 3. The van der Waals surface area contributed by atoms with Gasteiger partial charge >= 0.3 is 0 Å². The molecule has 0 unspecified atom stereocenters. The molecule has 3 aromatic rings. The quantitative estimate of drug-likeness (QED) is 0.533. The van der Waals surface area contributed by atoms with E-state index in [0.29, 0.717) is 12.3 Å². The Morgan fingerprint density at radius 2 is 1.71 bits per heavy atom. The molecule has 6 nitrogen and oxygen atoms in total. The Bertz CT molecular complexity index is 981. The van der Waals surface area contributed by atoms with Gasteiger partial charge in [-0.3, -0.25) is 9.69 Å². The number of amides is 1. The van der Waals surface area contributed by atoms with Gasteiger partial charge in [0.05, 0.1) is 18.8 Å². The Hall–Kier alpha value is -2.64. The topological polar surface area (TPSA) is 63.1 Å². The number of thioether (sulfide) groups is 1. The van der Waals surface area contributed by atoms with Crippen molar-refractivity contribution in [1.29, 1.82) is 0 Å². The lowest BCUT2D eigenvalue weighted by Crippen LogP contribution is -2.30. The van der Waals surface area contributed by atoms with Crippen LogP contribution in [-0.4, -0.2) is 44.4 Å². The second-order valence-corrected chi connectivity index (χ2v) is 8.95. The highest BCUT2D eigenvalue weighted by Crippen LogP contribution is 2.21. The van der Waals surface area contributed by atoms with Gasteiger partial charge in [-0.15, -0.1) is 10.2 Å². The van der Waals surface area contributed by atoms with Gasteiger partial charge in [0.1, 0.15) is 5.82 Å². The highest BCUT2D eigenvalue weighted by molar-refractivity contribution is 7.99. The van der Waals surface area contributed by atoms with Crippen LogP contribution in [-0.2, 0) is 17.9 Å². The van der Waals surface area contributed by atoms with Crippen molar-refractivity contribution in [2.75, 3.05) is 24.2 Å². The number of anilines is 1. The number of carbonyl (C=O) groups excluding carboxylic acids is 1. The summed E-state index contributed by atoms with van der Waals surface area (Å²) in [6.07, 6.45) is 3.80. The normalized spacial score (nSPS) is 14.5. The van der Waals surface area contributed by atoms with Crippen LogP contribution in [0.5, 0.6) is 0 Å². The molecule has 0 atom stereocenters. The number of carbonyl (C=O) groups is 1. The van der Waals surface area contributed by atoms with E-state index in [1.807, 2.05) is 49.4 Å². The van der Waals surface area contributed by atoms with E-state index in [2.05, 4.69) is 37.1 Å². The van der Waals surface area contributed by atoms with Gasteiger partial charge < -0.3 is 9.88 Å². The van der Waals surface area contributed by atoms with Gasteiger partial charge in [0, 0.05) is 5.69 Å². The maximum atomic E-state index is 12.5. The molecule has 0 aliphatic carbocycles. The molecule has 0 bridgehead atoms. The Balaban J connectivity index is 1.45. The Morgan fingerprint density at radius 1 is 0.968 bits per heavy atom. The van der Waals surface area contributed by atoms with Crippen LogP contribution in [0.3, 0.4) is 0 Å². The largest absolute Gasteiger partial charge is 0.325 e. The average molecular weight is 436 g/mol. The summed E-state index contributed by atoms with van der Waals surface area (Å²) in [5.74, 6) is 1.22. The van der Waals surface area contributed by atoms with Gasteiger partial charge in [-0.2, -0.15) is 0 Å². The molecule has 1 aliphatic rings. The number of benzene rings is 2. The van der Waals surface area contributed by atoms with E-state index in [9.17, 15) is 4.79 Å². The van der Waals surface area contributed by atoms with Gasteiger partial charge in [-0.1, -0.05) is 66.2 Å². The summed E-state index contributed by atoms with van der Waals surface area (Å²) in [5.41, 5.74) is 3.18. The third kappa shape index (κ3) is 6.18. The van der Waals surface area contributed by atoms with E-state index in [0.717, 1.165) is 36.3 Å². The fraction of sp³-hybridized carbons (Fsp3) is 0.375. The summed E-state index contributed by atoms with van der Waals surface area (Å²) >= 11 is 1.44. The van der Waals surface area contributed by atoms with E-state index in [1.165, 1.54) is 42.2 Å². The zero-order valence-corrected chi connectivity index (χ0v) is 18.8. The summed E-state index contributed by atoms with van der Waals surface area (Å²) in [4.78, 5) is 14.9. The van der Waals surface area contributed by atoms with Crippen molar-refractivity contribution < 1.29 is 4.79 Å². The lowest BCUT2D eigenvalue weighted by Gasteiger charge is -2.26. The average Bonchev–Trinajstić information content (AvgIpc) is 3.16. The first-order valence-electron chi connectivity index (χ1n) is 10.8. The van der Waals surface area contributed by atoms with Crippen molar-refractivity contribution in [2.45, 2.75) is 44.4 Å². The molecular weight excluding hydrogens is 406 g/mol. The van der Waals surface area contributed by atoms with Crippen molar-refractivity contribution in [2.24, 2.45) is 0 Å². The second kappa shape index (κ2) is 10.6. The van der Waals surface area contributed by atoms with Gasteiger partial charge in [-0.25, -0.2) is 0 Å². The first-order valence-corrected chi connectivity index (χ1v) is 11.8. The highest BCUT2D eigenvalue weighted by atomic mass is 32.2. The minimum atomic E-state index is -0.0410. The molecule has 0 radical (unpaired) electrons. The molecule has 0 spiro atoms. The van der Waals surface area contributed by atoms with Crippen LogP contribution in [0.1, 0.15) is 36.2 Å². The van der Waals surface area contributed by atoms with Crippen LogP contribution in [0.2, 0.25) is 0 Å². The molecule has 0 saturated carbocycles. The van der Waals surface area contributed by atoms with Crippen LogP contribution in [0.4, 0.5) is 5.69 Å². The number of rotatable bonds is 8. The zero-order valence-electron chi connectivity index (χ0n) is 18.0. The molecule has 1 aliphatic heterocycles. The maximum Gasteiger partial charge on any atom is 0.234 e. The summed E-state index contributed by atoms with van der Waals surface area (Å²) in [5, 5.41) is 12.7. The first kappa shape index (κ1) is 21.6. The molecule has 4 rings (SSSR count). The molecule has 1 aromatic heterocycles. The van der Waals surface area contributed by atoms with E-state index in [-0.39, 0.29) is 5.91 Å². The van der Waals surface area contributed by atoms with Crippen LogP contribution < -0.4 is 5.32 Å². The molecule has 2 aromatic carbocycles. The molecule has 7 heteroatoms. The van der Waals surface area contributed by atoms with Gasteiger partial charge in [-0.05, 0) is 50.6 Å². The highest BCUT2D eigenvalue weighted by Gasteiger charge is 2.18. The van der Waals surface area contributed by atoms with Crippen molar-refractivity contribution in [1.82, 2.24) is 19.7 Å². The van der Waals surface area contributed by atoms with Crippen LogP contribution >= 0.6 is 11.8 Å². The fourth-order valence-electron chi connectivity index (χ4n) is 3.75. The summed E-state index contributed by atoms with van der Waals surface area (Å²) < 4.78 is 2.16. The SMILES string of the molecule is Cc1ccc(NC(=O)CSc2nnc(CN3CCCCC3)n2Cc2ccccc2)cc1. The van der Waals surface area contributed by atoms with Crippen LogP contribution in [0.25, 0.3) is 0 Å². The lowest BCUT2D eigenvalue weighted by atomic mass is 10.1. The third-order valence-electron chi connectivity index (χ3n) is 5.46.